The Morgan fingerprint density at radius 1 is 0.960 bits per heavy atom. The zero-order chi connectivity index (χ0) is 17.8. The molecular formula is C21H27N3O. The van der Waals surface area contributed by atoms with Crippen molar-refractivity contribution < 1.29 is 4.79 Å². The summed E-state index contributed by atoms with van der Waals surface area (Å²) in [6, 6.07) is 14.6. The van der Waals surface area contributed by atoms with E-state index in [1.165, 1.54) is 22.4 Å². The van der Waals surface area contributed by atoms with Crippen LogP contribution in [0.3, 0.4) is 0 Å². The third-order valence-corrected chi connectivity index (χ3v) is 4.70. The maximum Gasteiger partial charge on any atom is 0.238 e. The van der Waals surface area contributed by atoms with E-state index in [0.717, 1.165) is 31.9 Å². The van der Waals surface area contributed by atoms with Gasteiger partial charge in [-0.1, -0.05) is 24.3 Å². The number of nitrogens with one attached hydrogen (secondary N) is 1. The number of hydrogen-bond donors (Lipinski definition) is 1. The normalized spacial score (nSPS) is 15.2. The third kappa shape index (κ3) is 4.60. The number of para-hydroxylation sites is 1. The molecule has 4 nitrogen and oxygen atoms in total. The number of nitrogens with zero attached hydrogens (tertiary/aromatic N) is 2. The lowest BCUT2D eigenvalue weighted by Crippen LogP contribution is -2.48. The van der Waals surface area contributed by atoms with Crippen molar-refractivity contribution in [1.29, 1.82) is 0 Å². The molecule has 25 heavy (non-hydrogen) atoms. The van der Waals surface area contributed by atoms with Gasteiger partial charge in [0.25, 0.3) is 0 Å². The highest BCUT2D eigenvalue weighted by Gasteiger charge is 2.20. The number of rotatable bonds is 4. The fraction of sp³-hybridized carbons (Fsp3) is 0.381. The topological polar surface area (TPSA) is 35.6 Å². The van der Waals surface area contributed by atoms with Crippen molar-refractivity contribution in [3.8, 4) is 0 Å². The van der Waals surface area contributed by atoms with Crippen LogP contribution in [0.5, 0.6) is 0 Å². The number of carbonyl (C=O) groups excluding carboxylic acids is 1. The summed E-state index contributed by atoms with van der Waals surface area (Å²) in [6.45, 7) is 10.4. The number of benzene rings is 2. The maximum atomic E-state index is 12.3. The Bertz CT molecular complexity index is 728. The van der Waals surface area contributed by atoms with E-state index in [-0.39, 0.29) is 5.91 Å². The summed E-state index contributed by atoms with van der Waals surface area (Å²) in [5, 5.41) is 3.03. The van der Waals surface area contributed by atoms with Gasteiger partial charge in [-0.2, -0.15) is 0 Å². The lowest BCUT2D eigenvalue weighted by molar-refractivity contribution is -0.117. The summed E-state index contributed by atoms with van der Waals surface area (Å²) in [7, 11) is 0. The molecule has 0 aliphatic carbocycles. The van der Waals surface area contributed by atoms with Crippen molar-refractivity contribution >= 4 is 17.3 Å². The van der Waals surface area contributed by atoms with E-state index in [1.54, 1.807) is 0 Å². The predicted octanol–water partition coefficient (Wildman–Crippen LogP) is 3.37. The predicted molar refractivity (Wildman–Crippen MR) is 104 cm³/mol. The third-order valence-electron chi connectivity index (χ3n) is 4.70. The molecule has 0 bridgehead atoms. The lowest BCUT2D eigenvalue weighted by Gasteiger charge is -2.36. The first-order valence-electron chi connectivity index (χ1n) is 8.92. The quantitative estimate of drug-likeness (QED) is 0.929. The van der Waals surface area contributed by atoms with Crippen molar-refractivity contribution in [1.82, 2.24) is 4.90 Å². The molecule has 1 heterocycles. The molecular weight excluding hydrogens is 310 g/mol. The first kappa shape index (κ1) is 17.5. The van der Waals surface area contributed by atoms with Crippen LogP contribution in [0.1, 0.15) is 16.7 Å². The van der Waals surface area contributed by atoms with E-state index in [9.17, 15) is 4.79 Å². The molecule has 1 fully saturated rings. The van der Waals surface area contributed by atoms with Gasteiger partial charge >= 0.3 is 0 Å². The molecule has 0 spiro atoms. The number of carbonyl (C=O) groups is 1. The summed E-state index contributed by atoms with van der Waals surface area (Å²) < 4.78 is 0. The molecule has 1 amide bonds. The van der Waals surface area contributed by atoms with Crippen LogP contribution in [0.25, 0.3) is 0 Å². The first-order chi connectivity index (χ1) is 12.0. The zero-order valence-corrected chi connectivity index (χ0v) is 15.4. The number of anilines is 2. The van der Waals surface area contributed by atoms with Gasteiger partial charge in [0.05, 0.1) is 6.54 Å². The van der Waals surface area contributed by atoms with E-state index >= 15 is 0 Å². The minimum absolute atomic E-state index is 0.0642. The van der Waals surface area contributed by atoms with E-state index in [1.807, 2.05) is 26.0 Å². The van der Waals surface area contributed by atoms with Crippen molar-refractivity contribution in [2.45, 2.75) is 20.8 Å². The van der Waals surface area contributed by atoms with Crippen LogP contribution in [0, 0.1) is 20.8 Å². The Balaban J connectivity index is 1.52. The summed E-state index contributed by atoms with van der Waals surface area (Å²) in [6.07, 6.45) is 0. The minimum Gasteiger partial charge on any atom is -0.369 e. The van der Waals surface area contributed by atoms with Gasteiger partial charge in [0, 0.05) is 37.6 Å². The second kappa shape index (κ2) is 7.70. The van der Waals surface area contributed by atoms with Gasteiger partial charge in [0.2, 0.25) is 5.91 Å². The molecule has 1 saturated heterocycles. The summed E-state index contributed by atoms with van der Waals surface area (Å²) >= 11 is 0. The summed E-state index contributed by atoms with van der Waals surface area (Å²) in [5.74, 6) is 0.0642. The van der Waals surface area contributed by atoms with Crippen molar-refractivity contribution in [2.75, 3.05) is 42.9 Å². The smallest absolute Gasteiger partial charge is 0.238 e. The number of aryl methyl sites for hydroxylation is 3. The highest BCUT2D eigenvalue weighted by molar-refractivity contribution is 5.92. The van der Waals surface area contributed by atoms with Gasteiger partial charge in [-0.3, -0.25) is 9.69 Å². The van der Waals surface area contributed by atoms with Gasteiger partial charge in [-0.25, -0.2) is 0 Å². The summed E-state index contributed by atoms with van der Waals surface area (Å²) in [5.41, 5.74) is 5.84. The maximum absolute atomic E-state index is 12.3. The van der Waals surface area contributed by atoms with E-state index in [2.05, 4.69) is 52.4 Å². The molecule has 0 atom stereocenters. The van der Waals surface area contributed by atoms with E-state index < -0.39 is 0 Å². The van der Waals surface area contributed by atoms with E-state index in [4.69, 9.17) is 0 Å². The minimum atomic E-state index is 0.0642. The van der Waals surface area contributed by atoms with Crippen LogP contribution in [0.15, 0.2) is 42.5 Å². The Kier molecular flexibility index (Phi) is 5.39. The Morgan fingerprint density at radius 2 is 1.60 bits per heavy atom. The average Bonchev–Trinajstić information content (AvgIpc) is 2.55. The largest absolute Gasteiger partial charge is 0.369 e. The number of piperazine rings is 1. The van der Waals surface area contributed by atoms with Crippen LogP contribution in [0.4, 0.5) is 11.4 Å². The van der Waals surface area contributed by atoms with Crippen LogP contribution in [-0.4, -0.2) is 43.5 Å². The van der Waals surface area contributed by atoms with Gasteiger partial charge in [0.1, 0.15) is 0 Å². The van der Waals surface area contributed by atoms with Crippen LogP contribution >= 0.6 is 0 Å². The zero-order valence-electron chi connectivity index (χ0n) is 15.4. The molecule has 132 valence electrons. The number of hydrogen-bond acceptors (Lipinski definition) is 3. The molecule has 3 rings (SSSR count). The Hall–Kier alpha value is -2.33. The van der Waals surface area contributed by atoms with Crippen LogP contribution in [-0.2, 0) is 4.79 Å². The second-order valence-corrected chi connectivity index (χ2v) is 6.97. The van der Waals surface area contributed by atoms with E-state index in [0.29, 0.717) is 6.54 Å². The van der Waals surface area contributed by atoms with Gasteiger partial charge in [-0.15, -0.1) is 0 Å². The highest BCUT2D eigenvalue weighted by Crippen LogP contribution is 2.20. The fourth-order valence-electron chi connectivity index (χ4n) is 3.52. The van der Waals surface area contributed by atoms with Gasteiger partial charge < -0.3 is 10.2 Å². The first-order valence-corrected chi connectivity index (χ1v) is 8.92. The second-order valence-electron chi connectivity index (χ2n) is 6.97. The molecule has 0 radical (unpaired) electrons. The molecule has 2 aromatic rings. The molecule has 0 aromatic heterocycles. The monoisotopic (exact) mass is 337 g/mol. The molecule has 2 aromatic carbocycles. The van der Waals surface area contributed by atoms with Gasteiger partial charge in [-0.05, 0) is 55.7 Å². The van der Waals surface area contributed by atoms with Crippen LogP contribution in [0.2, 0.25) is 0 Å². The van der Waals surface area contributed by atoms with Crippen LogP contribution < -0.4 is 10.2 Å². The van der Waals surface area contributed by atoms with Crippen molar-refractivity contribution in [2.24, 2.45) is 0 Å². The average molecular weight is 337 g/mol. The standard InChI is InChI=1S/C21H27N3O/c1-16-12-17(2)14-19(13-16)22-21(25)15-23-8-10-24(11-9-23)20-7-5-4-6-18(20)3/h4-7,12-14H,8-11,15H2,1-3H3,(H,22,25). The summed E-state index contributed by atoms with van der Waals surface area (Å²) in [4.78, 5) is 17.0. The SMILES string of the molecule is Cc1cc(C)cc(NC(=O)CN2CCN(c3ccccc3C)CC2)c1. The van der Waals surface area contributed by atoms with Crippen molar-refractivity contribution in [3.05, 3.63) is 59.2 Å². The fourth-order valence-corrected chi connectivity index (χ4v) is 3.52. The molecule has 4 heteroatoms. The molecule has 1 aliphatic rings. The Labute approximate surface area is 150 Å². The molecule has 0 unspecified atom stereocenters. The highest BCUT2D eigenvalue weighted by atomic mass is 16.2. The molecule has 1 aliphatic heterocycles. The number of amides is 1. The van der Waals surface area contributed by atoms with Gasteiger partial charge in [0.15, 0.2) is 0 Å². The lowest BCUT2D eigenvalue weighted by atomic mass is 10.1. The van der Waals surface area contributed by atoms with Crippen molar-refractivity contribution in [3.63, 3.8) is 0 Å². The molecule has 0 saturated carbocycles. The Morgan fingerprint density at radius 3 is 2.24 bits per heavy atom. The molecule has 1 N–H and O–H groups in total.